The molecule has 1 aromatic carbocycles. The molecular weight excluding hydrogens is 434 g/mol. The number of rotatable bonds is 6. The van der Waals surface area contributed by atoms with Crippen molar-refractivity contribution in [2.24, 2.45) is 5.92 Å². The molecule has 2 aliphatic heterocycles. The molecule has 0 aliphatic carbocycles. The normalized spacial score (nSPS) is 20.6. The Morgan fingerprint density at radius 1 is 1.16 bits per heavy atom. The van der Waals surface area contributed by atoms with Crippen molar-refractivity contribution in [2.75, 3.05) is 53.7 Å². The van der Waals surface area contributed by atoms with Crippen LogP contribution in [0.15, 0.2) is 29.2 Å². The summed E-state index contributed by atoms with van der Waals surface area (Å²) in [5, 5.41) is 14.1. The summed E-state index contributed by atoms with van der Waals surface area (Å²) in [6.07, 6.45) is 0.689. The molecule has 7 nitrogen and oxygen atoms in total. The molecule has 1 fully saturated rings. The van der Waals surface area contributed by atoms with Crippen molar-refractivity contribution < 1.29 is 9.32 Å². The lowest BCUT2D eigenvalue weighted by atomic mass is 9.89. The van der Waals surface area contributed by atoms with E-state index < -0.39 is 16.3 Å². The zero-order chi connectivity index (χ0) is 22.2. The Bertz CT molecular complexity index is 963. The summed E-state index contributed by atoms with van der Waals surface area (Å²) in [6, 6.07) is 7.92. The zero-order valence-corrected chi connectivity index (χ0v) is 19.8. The maximum absolute atomic E-state index is 12.6. The Morgan fingerprint density at radius 3 is 2.42 bits per heavy atom. The number of piperazine rings is 1. The van der Waals surface area contributed by atoms with Crippen molar-refractivity contribution in [3.8, 4) is 0 Å². The molecule has 4 rings (SSSR count). The molecule has 3 heterocycles. The second-order valence-electron chi connectivity index (χ2n) is 8.75. The number of hydrogen-bond donors (Lipinski definition) is 2. The molecule has 0 amide bonds. The minimum Gasteiger partial charge on any atom is -0.394 e. The molecule has 0 spiro atoms. The average molecular weight is 464 g/mol. The van der Waals surface area contributed by atoms with E-state index in [-0.39, 0.29) is 12.5 Å². The Morgan fingerprint density at radius 2 is 1.81 bits per heavy atom. The van der Waals surface area contributed by atoms with Gasteiger partial charge in [-0.2, -0.15) is 4.98 Å². The van der Waals surface area contributed by atoms with Gasteiger partial charge in [0.2, 0.25) is 5.95 Å². The van der Waals surface area contributed by atoms with Gasteiger partial charge in [-0.3, -0.25) is 4.21 Å². The average Bonchev–Trinajstić information content (AvgIpc) is 3.15. The second kappa shape index (κ2) is 8.92. The third-order valence-corrected chi connectivity index (χ3v) is 8.15. The van der Waals surface area contributed by atoms with E-state index in [1.807, 2.05) is 31.2 Å². The van der Waals surface area contributed by atoms with E-state index in [2.05, 4.69) is 29.0 Å². The van der Waals surface area contributed by atoms with E-state index >= 15 is 0 Å². The third kappa shape index (κ3) is 4.52. The summed E-state index contributed by atoms with van der Waals surface area (Å²) in [7, 11) is -1.11. The highest BCUT2D eigenvalue weighted by molar-refractivity contribution is 7.85. The van der Waals surface area contributed by atoms with Crippen LogP contribution in [0.5, 0.6) is 0 Å². The molecule has 1 unspecified atom stereocenters. The lowest BCUT2D eigenvalue weighted by Gasteiger charge is -2.37. The van der Waals surface area contributed by atoms with Crippen molar-refractivity contribution in [3.05, 3.63) is 35.0 Å². The maximum Gasteiger partial charge on any atom is 0.227 e. The van der Waals surface area contributed by atoms with Crippen LogP contribution in [0.2, 0.25) is 5.02 Å². The number of aliphatic hydroxyl groups is 1. The first kappa shape index (κ1) is 22.3. The fraction of sp³-hybridized carbons (Fsp3) is 0.545. The van der Waals surface area contributed by atoms with Crippen molar-refractivity contribution in [2.45, 2.75) is 37.6 Å². The largest absolute Gasteiger partial charge is 0.394 e. The van der Waals surface area contributed by atoms with Gasteiger partial charge < -0.3 is 20.2 Å². The number of aliphatic hydroxyl groups excluding tert-OH is 1. The Kier molecular flexibility index (Phi) is 6.42. The first-order valence-electron chi connectivity index (χ1n) is 10.7. The van der Waals surface area contributed by atoms with Crippen LogP contribution in [-0.2, 0) is 17.2 Å². The lowest BCUT2D eigenvalue weighted by molar-refractivity contribution is 0.185. The number of hydrogen-bond acceptors (Lipinski definition) is 7. The SMILES string of the molecule is CC(C)[C@](C)(CO)Nc1nc(N2CCN(c3ccc(Cl)cc3)CC2)nc2c1S(=O)CC2. The fourth-order valence-corrected chi connectivity index (χ4v) is 5.30. The Hall–Kier alpha value is -1.90. The van der Waals surface area contributed by atoms with Crippen molar-refractivity contribution in [1.82, 2.24) is 9.97 Å². The highest BCUT2D eigenvalue weighted by Crippen LogP contribution is 2.33. The van der Waals surface area contributed by atoms with Crippen LogP contribution in [-0.4, -0.2) is 63.4 Å². The zero-order valence-electron chi connectivity index (χ0n) is 18.3. The lowest BCUT2D eigenvalue weighted by Crippen LogP contribution is -2.47. The van der Waals surface area contributed by atoms with Crippen LogP contribution in [0.25, 0.3) is 0 Å². The van der Waals surface area contributed by atoms with Gasteiger partial charge in [0.15, 0.2) is 0 Å². The molecule has 1 aromatic heterocycles. The Balaban J connectivity index is 1.57. The molecule has 2 atom stereocenters. The number of nitrogens with one attached hydrogen (secondary N) is 1. The van der Waals surface area contributed by atoms with Gasteiger partial charge in [-0.25, -0.2) is 4.98 Å². The monoisotopic (exact) mass is 463 g/mol. The van der Waals surface area contributed by atoms with E-state index in [1.54, 1.807) is 0 Å². The smallest absolute Gasteiger partial charge is 0.227 e. The number of nitrogens with zero attached hydrogens (tertiary/aromatic N) is 4. The molecule has 168 valence electrons. The summed E-state index contributed by atoms with van der Waals surface area (Å²) < 4.78 is 12.6. The van der Waals surface area contributed by atoms with Gasteiger partial charge in [-0.1, -0.05) is 25.4 Å². The van der Waals surface area contributed by atoms with E-state index in [0.717, 1.165) is 42.6 Å². The number of halogens is 1. The fourth-order valence-electron chi connectivity index (χ4n) is 3.86. The summed E-state index contributed by atoms with van der Waals surface area (Å²) >= 11 is 6.01. The van der Waals surface area contributed by atoms with Gasteiger partial charge in [-0.15, -0.1) is 0 Å². The number of fused-ring (bicyclic) bond motifs is 1. The number of aryl methyl sites for hydroxylation is 1. The van der Waals surface area contributed by atoms with Crippen molar-refractivity contribution in [3.63, 3.8) is 0 Å². The number of benzene rings is 1. The van der Waals surface area contributed by atoms with Gasteiger partial charge in [-0.05, 0) is 37.1 Å². The van der Waals surface area contributed by atoms with Gasteiger partial charge in [0.1, 0.15) is 10.7 Å². The van der Waals surface area contributed by atoms with Crippen LogP contribution in [0.1, 0.15) is 26.5 Å². The quantitative estimate of drug-likeness (QED) is 0.681. The second-order valence-corrected chi connectivity index (χ2v) is 10.7. The van der Waals surface area contributed by atoms with Crippen molar-refractivity contribution in [1.29, 1.82) is 0 Å². The van der Waals surface area contributed by atoms with E-state index in [4.69, 9.17) is 21.6 Å². The van der Waals surface area contributed by atoms with Crippen LogP contribution >= 0.6 is 11.6 Å². The predicted molar refractivity (Wildman–Crippen MR) is 127 cm³/mol. The maximum atomic E-state index is 12.6. The molecule has 2 aromatic rings. The molecule has 0 saturated carbocycles. The molecular formula is C22H30ClN5O2S. The third-order valence-electron chi connectivity index (χ3n) is 6.44. The van der Waals surface area contributed by atoms with E-state index in [1.165, 1.54) is 0 Å². The van der Waals surface area contributed by atoms with E-state index in [9.17, 15) is 9.32 Å². The highest BCUT2D eigenvalue weighted by atomic mass is 35.5. The van der Waals surface area contributed by atoms with Crippen molar-refractivity contribution >= 4 is 39.9 Å². The molecule has 31 heavy (non-hydrogen) atoms. The molecule has 2 aliphatic rings. The minimum absolute atomic E-state index is 0.0365. The number of aromatic nitrogens is 2. The van der Waals surface area contributed by atoms with Crippen LogP contribution in [0.3, 0.4) is 0 Å². The van der Waals surface area contributed by atoms with Crippen LogP contribution in [0, 0.1) is 5.92 Å². The van der Waals surface area contributed by atoms with E-state index in [0.29, 0.717) is 28.8 Å². The summed E-state index contributed by atoms with van der Waals surface area (Å²) in [6.45, 7) is 9.35. The summed E-state index contributed by atoms with van der Waals surface area (Å²) in [4.78, 5) is 14.8. The van der Waals surface area contributed by atoms with Gasteiger partial charge in [0.25, 0.3) is 0 Å². The van der Waals surface area contributed by atoms with Gasteiger partial charge in [0, 0.05) is 49.1 Å². The molecule has 2 N–H and O–H groups in total. The van der Waals surface area contributed by atoms with Crippen LogP contribution < -0.4 is 15.1 Å². The van der Waals surface area contributed by atoms with Crippen LogP contribution in [0.4, 0.5) is 17.5 Å². The highest BCUT2D eigenvalue weighted by Gasteiger charge is 2.33. The topological polar surface area (TPSA) is 81.6 Å². The predicted octanol–water partition coefficient (Wildman–Crippen LogP) is 2.94. The van der Waals surface area contributed by atoms with Gasteiger partial charge >= 0.3 is 0 Å². The Labute approximate surface area is 191 Å². The minimum atomic E-state index is -1.11. The molecule has 1 saturated heterocycles. The summed E-state index contributed by atoms with van der Waals surface area (Å²) in [5.41, 5.74) is 1.46. The molecule has 0 bridgehead atoms. The molecule has 9 heteroatoms. The standard InChI is InChI=1S/C22H30ClN5O2S/c1-15(2)22(3,14-29)26-20-19-18(8-13-31(19)30)24-21(25-20)28-11-9-27(10-12-28)17-6-4-16(23)5-7-17/h4-7,15,29H,8-14H2,1-3H3,(H,24,25,26)/t22-,31?/m0/s1. The van der Waals surface area contributed by atoms with Gasteiger partial charge in [0.05, 0.1) is 28.6 Å². The summed E-state index contributed by atoms with van der Waals surface area (Å²) in [5.74, 6) is 2.01. The number of anilines is 3. The molecule has 0 radical (unpaired) electrons. The first-order valence-corrected chi connectivity index (χ1v) is 12.4. The first-order chi connectivity index (χ1) is 14.8.